The minimum absolute atomic E-state index is 0.109. The lowest BCUT2D eigenvalue weighted by Crippen LogP contribution is -2.26. The van der Waals surface area contributed by atoms with Gasteiger partial charge in [-0.25, -0.2) is 0 Å². The Labute approximate surface area is 136 Å². The maximum atomic E-state index is 5.47. The van der Waals surface area contributed by atoms with Crippen LogP contribution < -0.4 is 11.2 Å². The van der Waals surface area contributed by atoms with Gasteiger partial charge in [0.15, 0.2) is 5.11 Å². The SMILES string of the molecule is CC(C)(C)c1ccc(/C(=N\NC(N)=S)c2ccccn2)cc1. The van der Waals surface area contributed by atoms with E-state index in [-0.39, 0.29) is 10.5 Å². The van der Waals surface area contributed by atoms with Gasteiger partial charge in [0, 0.05) is 11.8 Å². The van der Waals surface area contributed by atoms with E-state index in [1.165, 1.54) is 5.56 Å². The number of benzene rings is 1. The summed E-state index contributed by atoms with van der Waals surface area (Å²) >= 11 is 4.82. The van der Waals surface area contributed by atoms with Crippen LogP contribution in [0.25, 0.3) is 0 Å². The van der Waals surface area contributed by atoms with Crippen molar-refractivity contribution in [2.24, 2.45) is 10.8 Å². The highest BCUT2D eigenvalue weighted by Crippen LogP contribution is 2.22. The summed E-state index contributed by atoms with van der Waals surface area (Å²) in [4.78, 5) is 4.35. The maximum Gasteiger partial charge on any atom is 0.184 e. The molecule has 0 saturated heterocycles. The van der Waals surface area contributed by atoms with E-state index in [9.17, 15) is 0 Å². The van der Waals surface area contributed by atoms with Gasteiger partial charge in [-0.05, 0) is 35.3 Å². The fourth-order valence-corrected chi connectivity index (χ4v) is 2.06. The zero-order chi connectivity index (χ0) is 16.2. The number of pyridine rings is 1. The second kappa shape index (κ2) is 6.66. The molecule has 5 heteroatoms. The summed E-state index contributed by atoms with van der Waals surface area (Å²) in [7, 11) is 0. The number of rotatable bonds is 3. The van der Waals surface area contributed by atoms with Gasteiger partial charge in [-0.3, -0.25) is 10.4 Å². The molecule has 2 aromatic rings. The number of thiocarbonyl (C=S) groups is 1. The third-order valence-corrected chi connectivity index (χ3v) is 3.30. The molecule has 0 aliphatic heterocycles. The molecule has 0 bridgehead atoms. The Hall–Kier alpha value is -2.27. The monoisotopic (exact) mass is 312 g/mol. The van der Waals surface area contributed by atoms with Crippen molar-refractivity contribution < 1.29 is 0 Å². The first-order valence-electron chi connectivity index (χ1n) is 7.03. The number of hydrazone groups is 1. The summed E-state index contributed by atoms with van der Waals surface area (Å²) in [5.41, 5.74) is 11.9. The Bertz CT molecular complexity index is 670. The molecule has 0 saturated carbocycles. The predicted octanol–water partition coefficient (Wildman–Crippen LogP) is 2.96. The number of hydrogen-bond donors (Lipinski definition) is 2. The first-order chi connectivity index (χ1) is 10.4. The summed E-state index contributed by atoms with van der Waals surface area (Å²) in [6.45, 7) is 6.55. The van der Waals surface area contributed by atoms with Crippen LogP contribution in [-0.4, -0.2) is 15.8 Å². The van der Waals surface area contributed by atoms with Crippen LogP contribution in [0.2, 0.25) is 0 Å². The first kappa shape index (κ1) is 16.1. The van der Waals surface area contributed by atoms with Gasteiger partial charge in [-0.2, -0.15) is 5.10 Å². The number of hydrogen-bond acceptors (Lipinski definition) is 3. The molecule has 0 radical (unpaired) electrons. The molecule has 0 atom stereocenters. The van der Waals surface area contributed by atoms with E-state index in [1.54, 1.807) is 6.20 Å². The molecule has 0 unspecified atom stereocenters. The van der Waals surface area contributed by atoms with Crippen LogP contribution in [0.3, 0.4) is 0 Å². The molecule has 1 aromatic carbocycles. The normalized spacial score (nSPS) is 12.0. The van der Waals surface area contributed by atoms with Gasteiger partial charge in [-0.1, -0.05) is 51.1 Å². The molecule has 3 N–H and O–H groups in total. The van der Waals surface area contributed by atoms with Crippen molar-refractivity contribution in [2.45, 2.75) is 26.2 Å². The van der Waals surface area contributed by atoms with E-state index >= 15 is 0 Å². The zero-order valence-electron chi connectivity index (χ0n) is 13.0. The van der Waals surface area contributed by atoms with E-state index in [0.29, 0.717) is 5.71 Å². The smallest absolute Gasteiger partial charge is 0.184 e. The molecule has 1 heterocycles. The first-order valence-corrected chi connectivity index (χ1v) is 7.44. The van der Waals surface area contributed by atoms with E-state index < -0.39 is 0 Å². The highest BCUT2D eigenvalue weighted by atomic mass is 32.1. The summed E-state index contributed by atoms with van der Waals surface area (Å²) in [6, 6.07) is 14.0. The molecule has 4 nitrogen and oxygen atoms in total. The van der Waals surface area contributed by atoms with Crippen LogP contribution in [0.15, 0.2) is 53.8 Å². The van der Waals surface area contributed by atoms with Crippen molar-refractivity contribution in [1.29, 1.82) is 0 Å². The summed E-state index contributed by atoms with van der Waals surface area (Å²) < 4.78 is 0. The van der Waals surface area contributed by atoms with Gasteiger partial charge >= 0.3 is 0 Å². The molecule has 22 heavy (non-hydrogen) atoms. The zero-order valence-corrected chi connectivity index (χ0v) is 13.8. The van der Waals surface area contributed by atoms with Crippen LogP contribution in [0.5, 0.6) is 0 Å². The average Bonchev–Trinajstić information content (AvgIpc) is 2.48. The quantitative estimate of drug-likeness (QED) is 0.519. The summed E-state index contributed by atoms with van der Waals surface area (Å²) in [6.07, 6.45) is 1.73. The highest BCUT2D eigenvalue weighted by Gasteiger charge is 2.15. The fourth-order valence-electron chi connectivity index (χ4n) is 2.01. The van der Waals surface area contributed by atoms with Gasteiger partial charge in [0.2, 0.25) is 0 Å². The van der Waals surface area contributed by atoms with Crippen LogP contribution in [0.4, 0.5) is 0 Å². The third-order valence-electron chi connectivity index (χ3n) is 3.21. The molecular weight excluding hydrogens is 292 g/mol. The predicted molar refractivity (Wildman–Crippen MR) is 94.9 cm³/mol. The molecule has 0 fully saturated rings. The molecule has 1 aromatic heterocycles. The Morgan fingerprint density at radius 3 is 2.32 bits per heavy atom. The second-order valence-electron chi connectivity index (χ2n) is 5.98. The van der Waals surface area contributed by atoms with Crippen molar-refractivity contribution in [3.8, 4) is 0 Å². The van der Waals surface area contributed by atoms with Crippen LogP contribution in [-0.2, 0) is 5.41 Å². The van der Waals surface area contributed by atoms with E-state index in [1.807, 2.05) is 30.3 Å². The van der Waals surface area contributed by atoms with Gasteiger partial charge < -0.3 is 5.73 Å². The number of nitrogens with two attached hydrogens (primary N) is 1. The van der Waals surface area contributed by atoms with Crippen molar-refractivity contribution in [3.05, 3.63) is 65.5 Å². The lowest BCUT2D eigenvalue weighted by Gasteiger charge is -2.19. The average molecular weight is 312 g/mol. The molecule has 0 amide bonds. The Morgan fingerprint density at radius 2 is 1.82 bits per heavy atom. The Morgan fingerprint density at radius 1 is 1.14 bits per heavy atom. The van der Waals surface area contributed by atoms with Crippen molar-refractivity contribution in [2.75, 3.05) is 0 Å². The van der Waals surface area contributed by atoms with Crippen LogP contribution in [0.1, 0.15) is 37.6 Å². The minimum atomic E-state index is 0.109. The maximum absolute atomic E-state index is 5.47. The molecular formula is C17H20N4S. The van der Waals surface area contributed by atoms with Crippen molar-refractivity contribution >= 4 is 23.0 Å². The largest absolute Gasteiger partial charge is 0.375 e. The molecule has 0 aliphatic carbocycles. The number of nitrogens with zero attached hydrogens (tertiary/aromatic N) is 2. The minimum Gasteiger partial charge on any atom is -0.375 e. The fraction of sp³-hybridized carbons (Fsp3) is 0.235. The lowest BCUT2D eigenvalue weighted by atomic mass is 9.86. The highest BCUT2D eigenvalue weighted by molar-refractivity contribution is 7.80. The van der Waals surface area contributed by atoms with E-state index in [2.05, 4.69) is 48.4 Å². The van der Waals surface area contributed by atoms with Crippen LogP contribution in [0, 0.1) is 0 Å². The molecule has 2 rings (SSSR count). The van der Waals surface area contributed by atoms with E-state index in [0.717, 1.165) is 11.3 Å². The van der Waals surface area contributed by atoms with Crippen LogP contribution >= 0.6 is 12.2 Å². The van der Waals surface area contributed by atoms with Crippen molar-refractivity contribution in [1.82, 2.24) is 10.4 Å². The van der Waals surface area contributed by atoms with Gasteiger partial charge in [0.25, 0.3) is 0 Å². The molecule has 0 aliphatic rings. The second-order valence-corrected chi connectivity index (χ2v) is 6.42. The van der Waals surface area contributed by atoms with Gasteiger partial charge in [-0.15, -0.1) is 0 Å². The summed E-state index contributed by atoms with van der Waals surface area (Å²) in [5.74, 6) is 0. The standard InChI is InChI=1S/C17H20N4S/c1-17(2,3)13-9-7-12(8-10-13)15(20-21-16(18)22)14-6-4-5-11-19-14/h4-11H,1-3H3,(H3,18,21,22)/b20-15+. The number of nitrogens with one attached hydrogen (secondary N) is 1. The topological polar surface area (TPSA) is 63.3 Å². The number of aromatic nitrogens is 1. The Balaban J connectivity index is 2.42. The molecule has 0 spiro atoms. The molecule has 114 valence electrons. The van der Waals surface area contributed by atoms with Crippen molar-refractivity contribution in [3.63, 3.8) is 0 Å². The third kappa shape index (κ3) is 4.11. The summed E-state index contributed by atoms with van der Waals surface area (Å²) in [5, 5.41) is 4.42. The van der Waals surface area contributed by atoms with Gasteiger partial charge in [0.05, 0.1) is 5.69 Å². The lowest BCUT2D eigenvalue weighted by molar-refractivity contribution is 0.590. The Kier molecular flexibility index (Phi) is 4.88. The van der Waals surface area contributed by atoms with Gasteiger partial charge in [0.1, 0.15) is 5.71 Å². The van der Waals surface area contributed by atoms with E-state index in [4.69, 9.17) is 18.0 Å².